The lowest BCUT2D eigenvalue weighted by Crippen LogP contribution is -2.34. The van der Waals surface area contributed by atoms with Crippen LogP contribution >= 0.6 is 27.3 Å². The van der Waals surface area contributed by atoms with Gasteiger partial charge >= 0.3 is 0 Å². The van der Waals surface area contributed by atoms with Crippen LogP contribution in [0.1, 0.15) is 4.88 Å². The number of hydrogen-bond donors (Lipinski definition) is 1. The van der Waals surface area contributed by atoms with Gasteiger partial charge in [-0.2, -0.15) is 0 Å². The van der Waals surface area contributed by atoms with Crippen molar-refractivity contribution in [3.8, 4) is 0 Å². The third kappa shape index (κ3) is 4.22. The van der Waals surface area contributed by atoms with Gasteiger partial charge in [0.2, 0.25) is 0 Å². The Balaban J connectivity index is 2.40. The van der Waals surface area contributed by atoms with Crippen LogP contribution in [0.3, 0.4) is 0 Å². The molecule has 0 bridgehead atoms. The van der Waals surface area contributed by atoms with Crippen LogP contribution in [0.4, 0.5) is 0 Å². The lowest BCUT2D eigenvalue weighted by atomic mass is 10.2. The van der Waals surface area contributed by atoms with Crippen LogP contribution in [0.5, 0.6) is 0 Å². The van der Waals surface area contributed by atoms with Crippen LogP contribution in [0.15, 0.2) is 15.9 Å². The Morgan fingerprint density at radius 3 is 2.77 bits per heavy atom. The van der Waals surface area contributed by atoms with E-state index >= 15 is 0 Å². The van der Waals surface area contributed by atoms with Gasteiger partial charge in [-0.05, 0) is 42.5 Å². The average Bonchev–Trinajstić information content (AvgIpc) is 2.33. The quantitative estimate of drug-likeness (QED) is 0.899. The molecule has 0 aliphatic carbocycles. The molecule has 2 nitrogen and oxygen atoms in total. The van der Waals surface area contributed by atoms with Gasteiger partial charge in [0.25, 0.3) is 0 Å². The minimum absolute atomic E-state index is 0.237. The number of likely N-dealkylation sites (N-methyl/N-ethyl adjacent to an activating group) is 1. The lowest BCUT2D eigenvalue weighted by molar-refractivity contribution is 0.372. The molecule has 0 aliphatic heterocycles. The molecule has 0 fully saturated rings. The van der Waals surface area contributed by atoms with Gasteiger partial charge in [-0.15, -0.1) is 11.3 Å². The molecule has 74 valence electrons. The van der Waals surface area contributed by atoms with Crippen LogP contribution in [0.2, 0.25) is 0 Å². The van der Waals surface area contributed by atoms with Crippen LogP contribution in [-0.2, 0) is 6.42 Å². The fraction of sp³-hybridized carbons (Fsp3) is 0.556. The molecule has 0 aromatic carbocycles. The summed E-state index contributed by atoms with van der Waals surface area (Å²) in [4.78, 5) is 3.47. The Hall–Kier alpha value is 0.1000. The third-order valence-corrected chi connectivity index (χ3v) is 3.40. The first-order valence-corrected chi connectivity index (χ1v) is 5.88. The second kappa shape index (κ2) is 5.10. The van der Waals surface area contributed by atoms with Crippen molar-refractivity contribution in [3.63, 3.8) is 0 Å². The molecule has 0 spiro atoms. The standard InChI is InChI=1S/C9H15BrN2S/c1-12(2)5-8(11)4-9-3-7(10)6-13-9/h3,6,8H,4-5,11H2,1-2H3. The fourth-order valence-corrected chi connectivity index (χ4v) is 2.80. The highest BCUT2D eigenvalue weighted by Crippen LogP contribution is 2.20. The number of halogens is 1. The molecule has 1 atom stereocenters. The van der Waals surface area contributed by atoms with E-state index in [1.165, 1.54) is 4.88 Å². The summed E-state index contributed by atoms with van der Waals surface area (Å²) in [6.07, 6.45) is 0.967. The summed E-state index contributed by atoms with van der Waals surface area (Å²) in [5.74, 6) is 0. The number of rotatable bonds is 4. The van der Waals surface area contributed by atoms with E-state index in [0.29, 0.717) is 0 Å². The molecule has 4 heteroatoms. The number of thiophene rings is 1. The van der Waals surface area contributed by atoms with Gasteiger partial charge in [-0.25, -0.2) is 0 Å². The molecular weight excluding hydrogens is 248 g/mol. The van der Waals surface area contributed by atoms with Gasteiger partial charge in [-0.3, -0.25) is 0 Å². The highest BCUT2D eigenvalue weighted by Gasteiger charge is 2.06. The van der Waals surface area contributed by atoms with E-state index in [2.05, 4.69) is 32.3 Å². The Morgan fingerprint density at radius 1 is 1.62 bits per heavy atom. The van der Waals surface area contributed by atoms with Gasteiger partial charge in [0.15, 0.2) is 0 Å². The van der Waals surface area contributed by atoms with Crippen molar-refractivity contribution >= 4 is 27.3 Å². The minimum atomic E-state index is 0.237. The van der Waals surface area contributed by atoms with Crippen molar-refractivity contribution in [1.82, 2.24) is 4.90 Å². The Labute approximate surface area is 91.9 Å². The van der Waals surface area contributed by atoms with E-state index in [0.717, 1.165) is 17.4 Å². The van der Waals surface area contributed by atoms with E-state index < -0.39 is 0 Å². The molecule has 1 aromatic rings. The summed E-state index contributed by atoms with van der Waals surface area (Å²) >= 11 is 5.19. The maximum absolute atomic E-state index is 5.97. The van der Waals surface area contributed by atoms with Crippen molar-refractivity contribution in [2.75, 3.05) is 20.6 Å². The highest BCUT2D eigenvalue weighted by molar-refractivity contribution is 9.10. The molecule has 0 radical (unpaired) electrons. The van der Waals surface area contributed by atoms with E-state index in [9.17, 15) is 0 Å². The zero-order valence-corrected chi connectivity index (χ0v) is 10.4. The largest absolute Gasteiger partial charge is 0.326 e. The second-order valence-corrected chi connectivity index (χ2v) is 5.37. The highest BCUT2D eigenvalue weighted by atomic mass is 79.9. The van der Waals surface area contributed by atoms with Gasteiger partial charge in [0.05, 0.1) is 0 Å². The van der Waals surface area contributed by atoms with Crippen LogP contribution < -0.4 is 5.73 Å². The first-order valence-electron chi connectivity index (χ1n) is 4.21. The third-order valence-electron chi connectivity index (χ3n) is 1.68. The molecule has 1 rings (SSSR count). The SMILES string of the molecule is CN(C)CC(N)Cc1cc(Br)cs1. The van der Waals surface area contributed by atoms with Crippen molar-refractivity contribution in [3.05, 3.63) is 20.8 Å². The van der Waals surface area contributed by atoms with E-state index in [4.69, 9.17) is 5.73 Å². The molecular formula is C9H15BrN2S. The maximum Gasteiger partial charge on any atom is 0.0285 e. The number of nitrogens with zero attached hydrogens (tertiary/aromatic N) is 1. The fourth-order valence-electron chi connectivity index (χ4n) is 1.25. The molecule has 0 saturated heterocycles. The van der Waals surface area contributed by atoms with Gasteiger partial charge in [-0.1, -0.05) is 0 Å². The summed E-state index contributed by atoms with van der Waals surface area (Å²) in [5, 5.41) is 2.09. The van der Waals surface area contributed by atoms with E-state index in [1.807, 2.05) is 14.1 Å². The van der Waals surface area contributed by atoms with Crippen molar-refractivity contribution in [1.29, 1.82) is 0 Å². The Kier molecular flexibility index (Phi) is 4.38. The van der Waals surface area contributed by atoms with Crippen LogP contribution in [-0.4, -0.2) is 31.6 Å². The number of nitrogens with two attached hydrogens (primary N) is 1. The molecule has 1 unspecified atom stereocenters. The minimum Gasteiger partial charge on any atom is -0.326 e. The molecule has 13 heavy (non-hydrogen) atoms. The number of hydrogen-bond acceptors (Lipinski definition) is 3. The first-order chi connectivity index (χ1) is 6.08. The second-order valence-electron chi connectivity index (χ2n) is 3.46. The zero-order chi connectivity index (χ0) is 9.84. The monoisotopic (exact) mass is 262 g/mol. The van der Waals surface area contributed by atoms with E-state index in [1.54, 1.807) is 11.3 Å². The van der Waals surface area contributed by atoms with Crippen LogP contribution in [0.25, 0.3) is 0 Å². The summed E-state index contributed by atoms with van der Waals surface area (Å²) in [5.41, 5.74) is 5.97. The lowest BCUT2D eigenvalue weighted by Gasteiger charge is -2.15. The predicted molar refractivity (Wildman–Crippen MR) is 62.3 cm³/mol. The predicted octanol–water partition coefficient (Wildman–Crippen LogP) is 1.94. The molecule has 0 saturated carbocycles. The normalized spacial score (nSPS) is 13.6. The Bertz CT molecular complexity index is 260. The molecule has 0 amide bonds. The molecule has 1 heterocycles. The molecule has 2 N–H and O–H groups in total. The van der Waals surface area contributed by atoms with Crippen molar-refractivity contribution in [2.24, 2.45) is 5.73 Å². The summed E-state index contributed by atoms with van der Waals surface area (Å²) in [6, 6.07) is 2.38. The Morgan fingerprint density at radius 2 is 2.31 bits per heavy atom. The summed E-state index contributed by atoms with van der Waals surface area (Å²) in [6.45, 7) is 0.940. The maximum atomic E-state index is 5.97. The summed E-state index contributed by atoms with van der Waals surface area (Å²) in [7, 11) is 4.09. The zero-order valence-electron chi connectivity index (χ0n) is 7.96. The first kappa shape index (κ1) is 11.2. The topological polar surface area (TPSA) is 29.3 Å². The van der Waals surface area contributed by atoms with Gasteiger partial charge in [0.1, 0.15) is 0 Å². The van der Waals surface area contributed by atoms with Gasteiger partial charge in [0, 0.05) is 27.3 Å². The van der Waals surface area contributed by atoms with Crippen molar-refractivity contribution in [2.45, 2.75) is 12.5 Å². The van der Waals surface area contributed by atoms with Crippen molar-refractivity contribution < 1.29 is 0 Å². The summed E-state index contributed by atoms with van der Waals surface area (Å²) < 4.78 is 1.16. The van der Waals surface area contributed by atoms with Crippen LogP contribution in [0, 0.1) is 0 Å². The molecule has 1 aromatic heterocycles. The smallest absolute Gasteiger partial charge is 0.0285 e. The average molecular weight is 263 g/mol. The van der Waals surface area contributed by atoms with E-state index in [-0.39, 0.29) is 6.04 Å². The van der Waals surface area contributed by atoms with Gasteiger partial charge < -0.3 is 10.6 Å². The molecule has 0 aliphatic rings.